The van der Waals surface area contributed by atoms with Gasteiger partial charge in [0.05, 0.1) is 5.69 Å². The molecule has 59 heavy (non-hydrogen) atoms. The van der Waals surface area contributed by atoms with E-state index in [-0.39, 0.29) is 0 Å². The molecule has 0 saturated carbocycles. The zero-order chi connectivity index (χ0) is 39.4. The molecule has 0 saturated heterocycles. The van der Waals surface area contributed by atoms with Crippen LogP contribution in [0, 0.1) is 0 Å². The Bertz CT molecular complexity index is 3000. The second-order valence-electron chi connectivity index (χ2n) is 14.9. The summed E-state index contributed by atoms with van der Waals surface area (Å²) in [6, 6.07) is 89.7. The third kappa shape index (κ3) is 7.34. The fourth-order valence-corrected chi connectivity index (χ4v) is 8.26. The summed E-state index contributed by atoms with van der Waals surface area (Å²) in [7, 11) is 0. The summed E-state index contributed by atoms with van der Waals surface area (Å²) in [5, 5.41) is 2.52. The summed E-state index contributed by atoms with van der Waals surface area (Å²) >= 11 is 0. The number of anilines is 3. The van der Waals surface area contributed by atoms with Crippen LogP contribution < -0.4 is 4.90 Å². The minimum absolute atomic E-state index is 1.09. The molecule has 0 aromatic heterocycles. The SMILES string of the molecule is c1ccc(-c2ccccc2-c2ccc(N(c3ccc(-c4ccc(-c5cccc(-c6ccc7ccccc7c6)c5)cc4)cc3)c3ccccc3-c3ccccc3)cc2)cc1. The molecule has 10 aromatic rings. The van der Waals surface area contributed by atoms with Crippen LogP contribution in [0.1, 0.15) is 0 Å². The first-order chi connectivity index (χ1) is 29.2. The van der Waals surface area contributed by atoms with Crippen LogP contribution in [0.5, 0.6) is 0 Å². The summed E-state index contributed by atoms with van der Waals surface area (Å²) in [6.45, 7) is 0. The Hall–Kier alpha value is -7.74. The van der Waals surface area contributed by atoms with Gasteiger partial charge in [0.25, 0.3) is 0 Å². The van der Waals surface area contributed by atoms with Gasteiger partial charge < -0.3 is 4.90 Å². The normalized spacial score (nSPS) is 11.1. The van der Waals surface area contributed by atoms with E-state index in [1.807, 2.05) is 0 Å². The standard InChI is InChI=1S/C58H41N/c1-3-15-46(16-4-1)55-22-9-10-23-56(55)48-34-38-54(39-35-48)59(58-25-12-11-24-57(58)47-17-5-2-6-18-47)53-36-32-44(33-37-53)43-26-28-45(29-27-43)50-20-13-21-51(40-50)52-31-30-42-14-7-8-19-49(42)41-52/h1-41H. The number of nitrogens with zero attached hydrogens (tertiary/aromatic N) is 1. The third-order valence-electron chi connectivity index (χ3n) is 11.3. The first kappa shape index (κ1) is 35.7. The molecule has 0 fully saturated rings. The lowest BCUT2D eigenvalue weighted by molar-refractivity contribution is 1.28. The van der Waals surface area contributed by atoms with E-state index >= 15 is 0 Å². The maximum Gasteiger partial charge on any atom is 0.0540 e. The zero-order valence-corrected chi connectivity index (χ0v) is 32.6. The first-order valence-corrected chi connectivity index (χ1v) is 20.2. The molecule has 278 valence electrons. The van der Waals surface area contributed by atoms with Crippen LogP contribution in [0.2, 0.25) is 0 Å². The number of rotatable bonds is 9. The smallest absolute Gasteiger partial charge is 0.0540 e. The predicted molar refractivity (Wildman–Crippen MR) is 251 cm³/mol. The molecule has 10 rings (SSSR count). The second-order valence-corrected chi connectivity index (χ2v) is 14.9. The summed E-state index contributed by atoms with van der Waals surface area (Å²) in [6.07, 6.45) is 0. The Morgan fingerprint density at radius 2 is 0.576 bits per heavy atom. The third-order valence-corrected chi connectivity index (χ3v) is 11.3. The largest absolute Gasteiger partial charge is 0.310 e. The molecule has 1 heteroatoms. The highest BCUT2D eigenvalue weighted by molar-refractivity contribution is 5.91. The van der Waals surface area contributed by atoms with E-state index in [2.05, 4.69) is 254 Å². The van der Waals surface area contributed by atoms with Gasteiger partial charge in [-0.15, -0.1) is 0 Å². The lowest BCUT2D eigenvalue weighted by Gasteiger charge is -2.28. The van der Waals surface area contributed by atoms with Crippen molar-refractivity contribution in [2.45, 2.75) is 0 Å². The number of benzene rings is 10. The van der Waals surface area contributed by atoms with Crippen molar-refractivity contribution in [2.75, 3.05) is 4.90 Å². The molecular weight excluding hydrogens is 711 g/mol. The average molecular weight is 752 g/mol. The number of para-hydroxylation sites is 1. The molecule has 0 atom stereocenters. The summed E-state index contributed by atoms with van der Waals surface area (Å²) in [5.74, 6) is 0. The Morgan fingerprint density at radius 3 is 1.19 bits per heavy atom. The van der Waals surface area contributed by atoms with Crippen LogP contribution in [-0.2, 0) is 0 Å². The first-order valence-electron chi connectivity index (χ1n) is 20.2. The van der Waals surface area contributed by atoms with Gasteiger partial charge in [-0.25, -0.2) is 0 Å². The highest BCUT2D eigenvalue weighted by Gasteiger charge is 2.18. The molecule has 0 unspecified atom stereocenters. The maximum absolute atomic E-state index is 2.38. The van der Waals surface area contributed by atoms with Gasteiger partial charge in [-0.1, -0.05) is 206 Å². The van der Waals surface area contributed by atoms with Gasteiger partial charge in [0.2, 0.25) is 0 Å². The molecule has 1 nitrogen and oxygen atoms in total. The van der Waals surface area contributed by atoms with Crippen LogP contribution >= 0.6 is 0 Å². The van der Waals surface area contributed by atoms with Crippen molar-refractivity contribution in [3.8, 4) is 66.8 Å². The summed E-state index contributed by atoms with van der Waals surface area (Å²) in [5.41, 5.74) is 17.7. The van der Waals surface area contributed by atoms with Crippen LogP contribution in [0.25, 0.3) is 77.5 Å². The monoisotopic (exact) mass is 751 g/mol. The van der Waals surface area contributed by atoms with Gasteiger partial charge in [-0.3, -0.25) is 0 Å². The maximum atomic E-state index is 2.38. The van der Waals surface area contributed by atoms with Crippen LogP contribution in [0.3, 0.4) is 0 Å². The number of fused-ring (bicyclic) bond motifs is 1. The lowest BCUT2D eigenvalue weighted by Crippen LogP contribution is -2.11. The van der Waals surface area contributed by atoms with Crippen molar-refractivity contribution in [3.63, 3.8) is 0 Å². The topological polar surface area (TPSA) is 3.24 Å². The van der Waals surface area contributed by atoms with Crippen molar-refractivity contribution in [1.82, 2.24) is 0 Å². The predicted octanol–water partition coefficient (Wildman–Crippen LogP) is 16.3. The van der Waals surface area contributed by atoms with Crippen molar-refractivity contribution < 1.29 is 0 Å². The second kappa shape index (κ2) is 16.0. The summed E-state index contributed by atoms with van der Waals surface area (Å²) in [4.78, 5) is 2.38. The molecular formula is C58H41N. The van der Waals surface area contributed by atoms with E-state index < -0.39 is 0 Å². The number of hydrogen-bond donors (Lipinski definition) is 0. The number of hydrogen-bond acceptors (Lipinski definition) is 1. The summed E-state index contributed by atoms with van der Waals surface area (Å²) < 4.78 is 0. The minimum Gasteiger partial charge on any atom is -0.310 e. The highest BCUT2D eigenvalue weighted by atomic mass is 15.1. The van der Waals surface area contributed by atoms with Gasteiger partial charge in [0.15, 0.2) is 0 Å². The Morgan fingerprint density at radius 1 is 0.203 bits per heavy atom. The fourth-order valence-electron chi connectivity index (χ4n) is 8.26. The van der Waals surface area contributed by atoms with Crippen LogP contribution in [0.15, 0.2) is 249 Å². The van der Waals surface area contributed by atoms with E-state index in [0.717, 1.165) is 17.1 Å². The molecule has 0 aliphatic rings. The van der Waals surface area contributed by atoms with Gasteiger partial charge in [0.1, 0.15) is 0 Å². The minimum atomic E-state index is 1.09. The van der Waals surface area contributed by atoms with Crippen LogP contribution in [0.4, 0.5) is 17.1 Å². The van der Waals surface area contributed by atoms with Gasteiger partial charge in [-0.2, -0.15) is 0 Å². The van der Waals surface area contributed by atoms with Crippen molar-refractivity contribution >= 4 is 27.8 Å². The molecule has 0 aliphatic heterocycles. The zero-order valence-electron chi connectivity index (χ0n) is 32.6. The molecule has 0 N–H and O–H groups in total. The molecule has 0 aliphatic carbocycles. The van der Waals surface area contributed by atoms with Gasteiger partial charge in [0, 0.05) is 16.9 Å². The van der Waals surface area contributed by atoms with Crippen molar-refractivity contribution in [3.05, 3.63) is 249 Å². The van der Waals surface area contributed by atoms with E-state index in [9.17, 15) is 0 Å². The molecule has 0 amide bonds. The Labute approximate surface area is 346 Å². The molecule has 0 spiro atoms. The van der Waals surface area contributed by atoms with Crippen molar-refractivity contribution in [1.29, 1.82) is 0 Å². The highest BCUT2D eigenvalue weighted by Crippen LogP contribution is 2.42. The average Bonchev–Trinajstić information content (AvgIpc) is 3.33. The lowest BCUT2D eigenvalue weighted by atomic mass is 9.94. The van der Waals surface area contributed by atoms with E-state index in [1.54, 1.807) is 0 Å². The molecule has 0 radical (unpaired) electrons. The molecule has 10 aromatic carbocycles. The van der Waals surface area contributed by atoms with E-state index in [1.165, 1.54) is 77.5 Å². The molecule has 0 heterocycles. The molecule has 0 bridgehead atoms. The fraction of sp³-hybridized carbons (Fsp3) is 0. The van der Waals surface area contributed by atoms with E-state index in [4.69, 9.17) is 0 Å². The van der Waals surface area contributed by atoms with Gasteiger partial charge in [-0.05, 0) is 114 Å². The van der Waals surface area contributed by atoms with E-state index in [0.29, 0.717) is 0 Å². The Balaban J connectivity index is 0.973. The van der Waals surface area contributed by atoms with Crippen molar-refractivity contribution in [2.24, 2.45) is 0 Å². The van der Waals surface area contributed by atoms with Crippen LogP contribution in [-0.4, -0.2) is 0 Å². The Kier molecular flexibility index (Phi) is 9.68. The van der Waals surface area contributed by atoms with Gasteiger partial charge >= 0.3 is 0 Å². The quantitative estimate of drug-likeness (QED) is 0.142.